The summed E-state index contributed by atoms with van der Waals surface area (Å²) in [6.07, 6.45) is 5.37. The molecule has 0 amide bonds. The first-order chi connectivity index (χ1) is 16.6. The molecule has 0 radical (unpaired) electrons. The number of fused-ring (bicyclic) bond motifs is 4. The highest BCUT2D eigenvalue weighted by molar-refractivity contribution is 7.98. The van der Waals surface area contributed by atoms with E-state index in [0.29, 0.717) is 5.75 Å². The van der Waals surface area contributed by atoms with Crippen molar-refractivity contribution in [3.63, 3.8) is 0 Å². The molecule has 1 fully saturated rings. The van der Waals surface area contributed by atoms with Crippen LogP contribution in [0.5, 0.6) is 0 Å². The fourth-order valence-corrected chi connectivity index (χ4v) is 6.73. The summed E-state index contributed by atoms with van der Waals surface area (Å²) in [4.78, 5) is 19.6. The number of halogens is 1. The lowest BCUT2D eigenvalue weighted by atomic mass is 9.68. The lowest BCUT2D eigenvalue weighted by Gasteiger charge is -2.36. The normalized spacial score (nSPS) is 15.8. The summed E-state index contributed by atoms with van der Waals surface area (Å²) in [5.41, 5.74) is 6.23. The molecule has 0 aliphatic heterocycles. The van der Waals surface area contributed by atoms with Gasteiger partial charge in [0.2, 0.25) is 0 Å². The Hall–Kier alpha value is -2.82. The summed E-state index contributed by atoms with van der Waals surface area (Å²) in [7, 11) is 0. The van der Waals surface area contributed by atoms with Crippen LogP contribution in [0.25, 0.3) is 16.9 Å². The second-order valence-corrected chi connectivity index (χ2v) is 10.7. The SMILES string of the molecule is O=c1c2c(nc(SCc3ccc(Cl)cc3)n1-c1ccccc1)-c1ccccc1CC21CCCC1. The molecule has 0 atom stereocenters. The zero-order chi connectivity index (χ0) is 23.1. The fraction of sp³-hybridized carbons (Fsp3) is 0.241. The molecule has 0 unspecified atom stereocenters. The van der Waals surface area contributed by atoms with E-state index in [2.05, 4.69) is 24.3 Å². The second kappa shape index (κ2) is 8.75. The molecule has 34 heavy (non-hydrogen) atoms. The standard InChI is InChI=1S/C29H25ClN2OS/c30-22-14-12-20(13-15-22)19-34-28-31-26-24-11-5-4-8-21(24)18-29(16-6-7-17-29)25(26)27(33)32(28)23-9-2-1-3-10-23/h1-5,8-15H,6-7,16-19H2. The van der Waals surface area contributed by atoms with Crippen LogP contribution in [-0.4, -0.2) is 9.55 Å². The number of para-hydroxylation sites is 1. The molecule has 3 nitrogen and oxygen atoms in total. The van der Waals surface area contributed by atoms with Crippen molar-refractivity contribution < 1.29 is 0 Å². The molecule has 4 aromatic rings. The molecule has 1 saturated carbocycles. The third kappa shape index (κ3) is 3.70. The number of benzene rings is 3. The average molecular weight is 485 g/mol. The number of hydrogen-bond donors (Lipinski definition) is 0. The summed E-state index contributed by atoms with van der Waals surface area (Å²) in [6, 6.07) is 26.3. The third-order valence-corrected chi connectivity index (χ3v) is 8.50. The Bertz CT molecular complexity index is 1410. The van der Waals surface area contributed by atoms with Gasteiger partial charge in [-0.1, -0.05) is 90.8 Å². The van der Waals surface area contributed by atoms with Crippen molar-refractivity contribution in [1.82, 2.24) is 9.55 Å². The first-order valence-electron chi connectivity index (χ1n) is 11.8. The van der Waals surface area contributed by atoms with Gasteiger partial charge in [0.1, 0.15) is 0 Å². The zero-order valence-electron chi connectivity index (χ0n) is 18.8. The van der Waals surface area contributed by atoms with Crippen LogP contribution in [0, 0.1) is 0 Å². The number of thioether (sulfide) groups is 1. The van der Waals surface area contributed by atoms with Crippen LogP contribution in [0.3, 0.4) is 0 Å². The minimum absolute atomic E-state index is 0.0891. The number of aromatic nitrogens is 2. The molecule has 0 bridgehead atoms. The maximum Gasteiger partial charge on any atom is 0.263 e. The summed E-state index contributed by atoms with van der Waals surface area (Å²) >= 11 is 7.68. The Morgan fingerprint density at radius 2 is 1.62 bits per heavy atom. The lowest BCUT2D eigenvalue weighted by Crippen LogP contribution is -2.40. The third-order valence-electron chi connectivity index (χ3n) is 7.24. The smallest absolute Gasteiger partial charge is 0.263 e. The maximum absolute atomic E-state index is 14.4. The first kappa shape index (κ1) is 21.7. The summed E-state index contributed by atoms with van der Waals surface area (Å²) in [5.74, 6) is 0.710. The van der Waals surface area contributed by atoms with Crippen molar-refractivity contribution in [2.24, 2.45) is 0 Å². The van der Waals surface area contributed by atoms with Gasteiger partial charge in [0.15, 0.2) is 5.16 Å². The molecule has 2 aliphatic rings. The molecule has 1 aromatic heterocycles. The van der Waals surface area contributed by atoms with Gasteiger partial charge in [0, 0.05) is 21.8 Å². The van der Waals surface area contributed by atoms with Gasteiger partial charge in [0.05, 0.1) is 16.9 Å². The van der Waals surface area contributed by atoms with Crippen molar-refractivity contribution in [3.8, 4) is 16.9 Å². The van der Waals surface area contributed by atoms with E-state index in [1.165, 1.54) is 18.4 Å². The highest BCUT2D eigenvalue weighted by Gasteiger charge is 2.44. The van der Waals surface area contributed by atoms with Crippen LogP contribution < -0.4 is 5.56 Å². The van der Waals surface area contributed by atoms with Gasteiger partial charge in [-0.15, -0.1) is 0 Å². The molecule has 1 heterocycles. The molecule has 2 aliphatic carbocycles. The van der Waals surface area contributed by atoms with E-state index >= 15 is 0 Å². The second-order valence-electron chi connectivity index (χ2n) is 9.33. The van der Waals surface area contributed by atoms with E-state index in [0.717, 1.165) is 57.5 Å². The minimum Gasteiger partial charge on any atom is -0.268 e. The van der Waals surface area contributed by atoms with Crippen LogP contribution in [0.4, 0.5) is 0 Å². The molecule has 5 heteroatoms. The van der Waals surface area contributed by atoms with Gasteiger partial charge in [-0.3, -0.25) is 9.36 Å². The van der Waals surface area contributed by atoms with Crippen LogP contribution in [0.15, 0.2) is 88.8 Å². The van der Waals surface area contributed by atoms with E-state index in [-0.39, 0.29) is 11.0 Å². The Morgan fingerprint density at radius 1 is 0.912 bits per heavy atom. The van der Waals surface area contributed by atoms with E-state index in [1.807, 2.05) is 59.2 Å². The van der Waals surface area contributed by atoms with E-state index in [9.17, 15) is 4.79 Å². The van der Waals surface area contributed by atoms with Crippen LogP contribution in [0.1, 0.15) is 42.4 Å². The molecule has 0 N–H and O–H groups in total. The van der Waals surface area contributed by atoms with Crippen molar-refractivity contribution in [2.75, 3.05) is 0 Å². The van der Waals surface area contributed by atoms with Gasteiger partial charge < -0.3 is 0 Å². The fourth-order valence-electron chi connectivity index (χ4n) is 5.64. The molecule has 0 saturated heterocycles. The highest BCUT2D eigenvalue weighted by Crippen LogP contribution is 2.50. The molecule has 170 valence electrons. The topological polar surface area (TPSA) is 34.9 Å². The predicted octanol–water partition coefficient (Wildman–Crippen LogP) is 7.21. The predicted molar refractivity (Wildman–Crippen MR) is 140 cm³/mol. The Labute approximate surface area is 208 Å². The summed E-state index contributed by atoms with van der Waals surface area (Å²) in [5, 5.41) is 1.45. The van der Waals surface area contributed by atoms with Crippen LogP contribution >= 0.6 is 23.4 Å². The quantitative estimate of drug-likeness (QED) is 0.226. The lowest BCUT2D eigenvalue weighted by molar-refractivity contribution is 0.422. The van der Waals surface area contributed by atoms with Crippen LogP contribution in [0.2, 0.25) is 5.02 Å². The summed E-state index contributed by atoms with van der Waals surface area (Å²) in [6.45, 7) is 0. The van der Waals surface area contributed by atoms with E-state index in [4.69, 9.17) is 16.6 Å². The Balaban J connectivity index is 1.56. The maximum atomic E-state index is 14.4. The van der Waals surface area contributed by atoms with Gasteiger partial charge in [0.25, 0.3) is 5.56 Å². The zero-order valence-corrected chi connectivity index (χ0v) is 20.4. The number of rotatable bonds is 4. The number of nitrogens with zero attached hydrogens (tertiary/aromatic N) is 2. The van der Waals surface area contributed by atoms with Gasteiger partial charge in [-0.2, -0.15) is 0 Å². The molecule has 1 spiro atoms. The van der Waals surface area contributed by atoms with Crippen molar-refractivity contribution >= 4 is 23.4 Å². The minimum atomic E-state index is -0.107. The molecule has 6 rings (SSSR count). The first-order valence-corrected chi connectivity index (χ1v) is 13.2. The van der Waals surface area contributed by atoms with Gasteiger partial charge in [-0.25, -0.2) is 4.98 Å². The van der Waals surface area contributed by atoms with Crippen molar-refractivity contribution in [3.05, 3.63) is 111 Å². The largest absolute Gasteiger partial charge is 0.268 e. The monoisotopic (exact) mass is 484 g/mol. The van der Waals surface area contributed by atoms with Crippen LogP contribution in [-0.2, 0) is 17.6 Å². The van der Waals surface area contributed by atoms with Gasteiger partial charge in [-0.05, 0) is 54.7 Å². The highest BCUT2D eigenvalue weighted by atomic mass is 35.5. The van der Waals surface area contributed by atoms with Crippen molar-refractivity contribution in [2.45, 2.75) is 48.4 Å². The molecule has 3 aromatic carbocycles. The van der Waals surface area contributed by atoms with Crippen molar-refractivity contribution in [1.29, 1.82) is 0 Å². The van der Waals surface area contributed by atoms with E-state index < -0.39 is 0 Å². The summed E-state index contributed by atoms with van der Waals surface area (Å²) < 4.78 is 1.84. The molecular weight excluding hydrogens is 460 g/mol. The van der Waals surface area contributed by atoms with E-state index in [1.54, 1.807) is 11.8 Å². The Kier molecular flexibility index (Phi) is 5.59. The average Bonchev–Trinajstić information content (AvgIpc) is 3.32. The van der Waals surface area contributed by atoms with Gasteiger partial charge >= 0.3 is 0 Å². The molecular formula is C29H25ClN2OS. The Morgan fingerprint density at radius 3 is 2.38 bits per heavy atom. The number of hydrogen-bond acceptors (Lipinski definition) is 3.